The molecule has 7 heteroatoms. The number of rotatable bonds is 6. The van der Waals surface area contributed by atoms with Crippen molar-refractivity contribution in [3.63, 3.8) is 0 Å². The fraction of sp³-hybridized carbons (Fsp3) is 0.357. The zero-order valence-electron chi connectivity index (χ0n) is 11.1. The molecule has 0 saturated carbocycles. The van der Waals surface area contributed by atoms with Crippen molar-refractivity contribution in [1.29, 1.82) is 0 Å². The first kappa shape index (κ1) is 16.2. The number of benzene rings is 1. The van der Waals surface area contributed by atoms with E-state index in [1.165, 1.54) is 0 Å². The summed E-state index contributed by atoms with van der Waals surface area (Å²) in [4.78, 5) is 4.34. The second kappa shape index (κ2) is 7.20. The van der Waals surface area contributed by atoms with Crippen LogP contribution in [0.1, 0.15) is 5.56 Å². The van der Waals surface area contributed by atoms with E-state index < -0.39 is 12.8 Å². The molecule has 2 aromatic rings. The zero-order valence-corrected chi connectivity index (χ0v) is 12.7. The Morgan fingerprint density at radius 3 is 2.81 bits per heavy atom. The number of nitrogens with zero attached hydrogens (tertiary/aromatic N) is 1. The number of ether oxygens (including phenoxy) is 1. The largest absolute Gasteiger partial charge is 0.411 e. The van der Waals surface area contributed by atoms with Gasteiger partial charge in [-0.2, -0.15) is 13.2 Å². The zero-order chi connectivity index (χ0) is 15.3. The molecule has 3 nitrogen and oxygen atoms in total. The summed E-state index contributed by atoms with van der Waals surface area (Å²) in [7, 11) is 0. The molecule has 1 aromatic carbocycles. The van der Waals surface area contributed by atoms with Crippen LogP contribution in [-0.4, -0.2) is 30.9 Å². The highest BCUT2D eigenvalue weighted by Gasteiger charge is 2.27. The first-order valence-corrected chi connectivity index (χ1v) is 7.14. The maximum absolute atomic E-state index is 11.9. The molecule has 0 bridgehead atoms. The normalized spacial score (nSPS) is 12.0. The number of aromatic nitrogens is 1. The summed E-state index contributed by atoms with van der Waals surface area (Å²) < 4.78 is 41.1. The molecule has 0 radical (unpaired) electrons. The van der Waals surface area contributed by atoms with Crippen LogP contribution in [0.25, 0.3) is 10.9 Å². The number of halogens is 4. The van der Waals surface area contributed by atoms with Crippen molar-refractivity contribution in [3.8, 4) is 0 Å². The molecule has 0 aliphatic heterocycles. The molecule has 2 rings (SSSR count). The minimum Gasteiger partial charge on any atom is -0.371 e. The molecule has 1 heterocycles. The Kier molecular flexibility index (Phi) is 5.55. The highest BCUT2D eigenvalue weighted by Crippen LogP contribution is 2.25. The summed E-state index contributed by atoms with van der Waals surface area (Å²) in [5, 5.41) is 4.06. The number of hydrogen-bond donors (Lipinski definition) is 1. The number of fused-ring (bicyclic) bond motifs is 1. The van der Waals surface area contributed by atoms with Crippen LogP contribution < -0.4 is 5.32 Å². The summed E-state index contributed by atoms with van der Waals surface area (Å²) in [6.45, 7) is -0.324. The highest BCUT2D eigenvalue weighted by atomic mass is 79.9. The Bertz CT molecular complexity index is 604. The Morgan fingerprint density at radius 2 is 2.05 bits per heavy atom. The predicted molar refractivity (Wildman–Crippen MR) is 78.0 cm³/mol. The van der Waals surface area contributed by atoms with Crippen molar-refractivity contribution < 1.29 is 17.9 Å². The first-order chi connectivity index (χ1) is 9.97. The molecular formula is C14H14BrF3N2O. The molecule has 0 amide bonds. The van der Waals surface area contributed by atoms with Crippen LogP contribution in [0, 0.1) is 0 Å². The minimum atomic E-state index is -4.27. The van der Waals surface area contributed by atoms with E-state index in [1.54, 1.807) is 6.20 Å². The summed E-state index contributed by atoms with van der Waals surface area (Å²) in [5.41, 5.74) is 1.86. The maximum Gasteiger partial charge on any atom is 0.411 e. The van der Waals surface area contributed by atoms with Crippen molar-refractivity contribution in [2.45, 2.75) is 12.7 Å². The molecule has 21 heavy (non-hydrogen) atoms. The lowest BCUT2D eigenvalue weighted by Gasteiger charge is -2.10. The second-order valence-electron chi connectivity index (χ2n) is 4.45. The lowest BCUT2D eigenvalue weighted by Crippen LogP contribution is -2.23. The number of hydrogen-bond acceptors (Lipinski definition) is 3. The van der Waals surface area contributed by atoms with E-state index in [1.807, 2.05) is 24.3 Å². The molecular weight excluding hydrogens is 349 g/mol. The molecule has 114 valence electrons. The van der Waals surface area contributed by atoms with Crippen LogP contribution in [0.15, 0.2) is 34.9 Å². The Hall–Kier alpha value is -1.18. The summed E-state index contributed by atoms with van der Waals surface area (Å²) in [6.07, 6.45) is -2.56. The third-order valence-corrected chi connectivity index (χ3v) is 3.50. The summed E-state index contributed by atoms with van der Waals surface area (Å²) >= 11 is 3.47. The van der Waals surface area contributed by atoms with Crippen LogP contribution in [0.5, 0.6) is 0 Å². The molecule has 1 N–H and O–H groups in total. The Balaban J connectivity index is 1.86. The van der Waals surface area contributed by atoms with E-state index in [-0.39, 0.29) is 6.61 Å². The van der Waals surface area contributed by atoms with Crippen molar-refractivity contribution in [3.05, 3.63) is 40.5 Å². The third kappa shape index (κ3) is 4.94. The smallest absolute Gasteiger partial charge is 0.371 e. The van der Waals surface area contributed by atoms with Crippen LogP contribution in [0.3, 0.4) is 0 Å². The molecule has 0 saturated heterocycles. The Labute approximate surface area is 128 Å². The van der Waals surface area contributed by atoms with Crippen LogP contribution in [0.2, 0.25) is 0 Å². The molecule has 0 fully saturated rings. The van der Waals surface area contributed by atoms with E-state index in [0.717, 1.165) is 20.9 Å². The number of alkyl halides is 3. The third-order valence-electron chi connectivity index (χ3n) is 2.80. The molecule has 1 aromatic heterocycles. The SMILES string of the molecule is FC(F)(F)COCCNCc1ccc(Br)c2cccnc12. The van der Waals surface area contributed by atoms with E-state index in [0.29, 0.717) is 13.1 Å². The summed E-state index contributed by atoms with van der Waals surface area (Å²) in [6, 6.07) is 7.68. The number of nitrogens with one attached hydrogen (secondary N) is 1. The molecule has 0 aliphatic rings. The van der Waals surface area contributed by atoms with Crippen molar-refractivity contribution in [2.24, 2.45) is 0 Å². The van der Waals surface area contributed by atoms with Gasteiger partial charge in [0.15, 0.2) is 0 Å². The highest BCUT2D eigenvalue weighted by molar-refractivity contribution is 9.10. The van der Waals surface area contributed by atoms with E-state index in [9.17, 15) is 13.2 Å². The van der Waals surface area contributed by atoms with E-state index in [4.69, 9.17) is 0 Å². The second-order valence-corrected chi connectivity index (χ2v) is 5.30. The molecule has 0 atom stereocenters. The van der Waals surface area contributed by atoms with E-state index >= 15 is 0 Å². The fourth-order valence-corrected chi connectivity index (χ4v) is 2.35. The van der Waals surface area contributed by atoms with Gasteiger partial charge in [0.05, 0.1) is 12.1 Å². The lowest BCUT2D eigenvalue weighted by molar-refractivity contribution is -0.173. The van der Waals surface area contributed by atoms with E-state index in [2.05, 4.69) is 31.0 Å². The van der Waals surface area contributed by atoms with Gasteiger partial charge in [-0.25, -0.2) is 0 Å². The van der Waals surface area contributed by atoms with Gasteiger partial charge >= 0.3 is 6.18 Å². The standard InChI is InChI=1S/C14H14BrF3N2O/c15-12-4-3-10(13-11(12)2-1-5-20-13)8-19-6-7-21-9-14(16,17)18/h1-5,19H,6-9H2. The lowest BCUT2D eigenvalue weighted by atomic mass is 10.1. The molecule has 0 unspecified atom stereocenters. The van der Waals surface area contributed by atoms with Crippen molar-refractivity contribution in [2.75, 3.05) is 19.8 Å². The number of pyridine rings is 1. The quantitative estimate of drug-likeness (QED) is 0.796. The van der Waals surface area contributed by atoms with Crippen LogP contribution in [0.4, 0.5) is 13.2 Å². The summed E-state index contributed by atoms with van der Waals surface area (Å²) in [5.74, 6) is 0. The topological polar surface area (TPSA) is 34.1 Å². The van der Waals surface area contributed by atoms with Gasteiger partial charge in [0.25, 0.3) is 0 Å². The van der Waals surface area contributed by atoms with Gasteiger partial charge in [-0.15, -0.1) is 0 Å². The minimum absolute atomic E-state index is 0.0153. The van der Waals surface area contributed by atoms with Crippen molar-refractivity contribution >= 4 is 26.8 Å². The average Bonchev–Trinajstić information content (AvgIpc) is 2.44. The monoisotopic (exact) mass is 362 g/mol. The Morgan fingerprint density at radius 1 is 1.24 bits per heavy atom. The van der Waals surface area contributed by atoms with Gasteiger partial charge in [0.1, 0.15) is 6.61 Å². The van der Waals surface area contributed by atoms with Gasteiger partial charge in [-0.05, 0) is 17.7 Å². The van der Waals surface area contributed by atoms with Gasteiger partial charge in [0, 0.05) is 29.1 Å². The first-order valence-electron chi connectivity index (χ1n) is 6.35. The van der Waals surface area contributed by atoms with Gasteiger partial charge in [-0.1, -0.05) is 28.1 Å². The van der Waals surface area contributed by atoms with Gasteiger partial charge in [0.2, 0.25) is 0 Å². The van der Waals surface area contributed by atoms with Gasteiger partial charge in [-0.3, -0.25) is 4.98 Å². The maximum atomic E-state index is 11.9. The molecule has 0 aliphatic carbocycles. The van der Waals surface area contributed by atoms with Crippen LogP contribution >= 0.6 is 15.9 Å². The predicted octanol–water partition coefficient (Wildman–Crippen LogP) is 3.67. The van der Waals surface area contributed by atoms with Crippen molar-refractivity contribution in [1.82, 2.24) is 10.3 Å². The molecule has 0 spiro atoms. The van der Waals surface area contributed by atoms with Crippen LogP contribution in [-0.2, 0) is 11.3 Å². The average molecular weight is 363 g/mol. The fourth-order valence-electron chi connectivity index (χ4n) is 1.89. The van der Waals surface area contributed by atoms with Gasteiger partial charge < -0.3 is 10.1 Å².